The van der Waals surface area contributed by atoms with Crippen LogP contribution in [0.25, 0.3) is 32.8 Å². The monoisotopic (exact) mass is 524 g/mol. The SMILES string of the molecule is O=C1C2=C(C(=O)c3ccccc31)C(c1ccccc1Cl)c1c(c3ccccc3c3nc4ccccc4nc13)O2. The highest BCUT2D eigenvalue weighted by atomic mass is 35.5. The van der Waals surface area contributed by atoms with Crippen LogP contribution in [0, 0.1) is 0 Å². The number of halogens is 1. The molecule has 0 radical (unpaired) electrons. The summed E-state index contributed by atoms with van der Waals surface area (Å²) in [5.41, 5.74) is 5.12. The fraction of sp³-hybridized carbons (Fsp3) is 0.0303. The van der Waals surface area contributed by atoms with Gasteiger partial charge in [-0.2, -0.15) is 0 Å². The van der Waals surface area contributed by atoms with E-state index in [0.29, 0.717) is 44.1 Å². The van der Waals surface area contributed by atoms with E-state index >= 15 is 0 Å². The lowest BCUT2D eigenvalue weighted by molar-refractivity contribution is 0.0928. The molecule has 0 amide bonds. The Morgan fingerprint density at radius 2 is 1.23 bits per heavy atom. The average Bonchev–Trinajstić information content (AvgIpc) is 2.98. The predicted octanol–water partition coefficient (Wildman–Crippen LogP) is 7.45. The molecule has 0 N–H and O–H groups in total. The highest BCUT2D eigenvalue weighted by Crippen LogP contribution is 2.53. The van der Waals surface area contributed by atoms with Crippen LogP contribution in [-0.2, 0) is 0 Å². The number of hydrogen-bond donors (Lipinski definition) is 0. The van der Waals surface area contributed by atoms with Gasteiger partial charge in [0.15, 0.2) is 11.5 Å². The minimum atomic E-state index is -0.690. The van der Waals surface area contributed by atoms with Crippen LogP contribution in [-0.4, -0.2) is 21.5 Å². The second-order valence-corrected chi connectivity index (χ2v) is 10.1. The zero-order chi connectivity index (χ0) is 26.2. The van der Waals surface area contributed by atoms with Crippen LogP contribution in [0.1, 0.15) is 37.8 Å². The highest BCUT2D eigenvalue weighted by molar-refractivity contribution is 6.32. The summed E-state index contributed by atoms with van der Waals surface area (Å²) >= 11 is 6.81. The number of ketones is 2. The quantitative estimate of drug-likeness (QED) is 0.165. The van der Waals surface area contributed by atoms with Gasteiger partial charge in [0, 0.05) is 38.4 Å². The van der Waals surface area contributed by atoms with Gasteiger partial charge in [0.05, 0.1) is 27.6 Å². The third-order valence-corrected chi connectivity index (χ3v) is 7.95. The van der Waals surface area contributed by atoms with Crippen molar-refractivity contribution in [2.45, 2.75) is 5.92 Å². The number of fused-ring (bicyclic) bond motifs is 8. The molecule has 184 valence electrons. The molecule has 2 aliphatic rings. The van der Waals surface area contributed by atoms with Gasteiger partial charge in [0.1, 0.15) is 5.75 Å². The number of benzene rings is 5. The Balaban J connectivity index is 1.57. The van der Waals surface area contributed by atoms with Crippen LogP contribution in [0.3, 0.4) is 0 Å². The Morgan fingerprint density at radius 3 is 1.97 bits per heavy atom. The zero-order valence-corrected chi connectivity index (χ0v) is 21.1. The average molecular weight is 525 g/mol. The lowest BCUT2D eigenvalue weighted by Gasteiger charge is -2.34. The molecule has 6 aromatic rings. The number of aromatic nitrogens is 2. The lowest BCUT2D eigenvalue weighted by atomic mass is 9.74. The Kier molecular flexibility index (Phi) is 4.58. The van der Waals surface area contributed by atoms with Crippen molar-refractivity contribution < 1.29 is 14.3 Å². The van der Waals surface area contributed by atoms with E-state index in [1.807, 2.05) is 66.7 Å². The first-order valence-electron chi connectivity index (χ1n) is 12.6. The van der Waals surface area contributed by atoms with Crippen LogP contribution in [0.2, 0.25) is 5.02 Å². The van der Waals surface area contributed by atoms with E-state index in [2.05, 4.69) is 0 Å². The molecule has 6 heteroatoms. The maximum atomic E-state index is 14.1. The minimum Gasteiger partial charge on any atom is -0.452 e. The lowest BCUT2D eigenvalue weighted by Crippen LogP contribution is -2.32. The maximum absolute atomic E-state index is 14.1. The van der Waals surface area contributed by atoms with E-state index < -0.39 is 5.92 Å². The normalized spacial score (nSPS) is 16.3. The summed E-state index contributed by atoms with van der Waals surface area (Å²) in [6.07, 6.45) is 0. The van der Waals surface area contributed by atoms with Crippen molar-refractivity contribution in [1.29, 1.82) is 0 Å². The van der Waals surface area contributed by atoms with Crippen molar-refractivity contribution in [3.05, 3.63) is 136 Å². The highest BCUT2D eigenvalue weighted by Gasteiger charge is 2.45. The molecule has 0 fully saturated rings. The Bertz CT molecular complexity index is 2110. The van der Waals surface area contributed by atoms with Crippen molar-refractivity contribution >= 4 is 56.0 Å². The van der Waals surface area contributed by atoms with Gasteiger partial charge in [-0.15, -0.1) is 0 Å². The van der Waals surface area contributed by atoms with Gasteiger partial charge in [-0.25, -0.2) is 9.97 Å². The van der Waals surface area contributed by atoms with Gasteiger partial charge >= 0.3 is 0 Å². The van der Waals surface area contributed by atoms with E-state index in [-0.39, 0.29) is 22.9 Å². The molecule has 1 aromatic heterocycles. The van der Waals surface area contributed by atoms with Crippen LogP contribution in [0.15, 0.2) is 108 Å². The first-order chi connectivity index (χ1) is 19.1. The number of nitrogens with zero attached hydrogens (tertiary/aromatic N) is 2. The van der Waals surface area contributed by atoms with Crippen LogP contribution in [0.5, 0.6) is 5.75 Å². The summed E-state index contributed by atoms with van der Waals surface area (Å²) in [6, 6.07) is 29.7. The van der Waals surface area contributed by atoms with Crippen molar-refractivity contribution in [2.75, 3.05) is 0 Å². The van der Waals surface area contributed by atoms with Gasteiger partial charge in [-0.3, -0.25) is 9.59 Å². The first-order valence-corrected chi connectivity index (χ1v) is 13.0. The van der Waals surface area contributed by atoms with Gasteiger partial charge in [0.2, 0.25) is 5.78 Å². The molecule has 0 saturated carbocycles. The summed E-state index contributed by atoms with van der Waals surface area (Å²) in [5, 5.41) is 2.12. The topological polar surface area (TPSA) is 69.2 Å². The minimum absolute atomic E-state index is 0.0365. The number of carbonyl (C=O) groups is 2. The number of hydrogen-bond acceptors (Lipinski definition) is 5. The summed E-state index contributed by atoms with van der Waals surface area (Å²) in [4.78, 5) is 38.1. The maximum Gasteiger partial charge on any atom is 0.229 e. The molecular weight excluding hydrogens is 508 g/mol. The summed E-state index contributed by atoms with van der Waals surface area (Å²) in [6.45, 7) is 0. The molecule has 1 aliphatic heterocycles. The third kappa shape index (κ3) is 3.02. The van der Waals surface area contributed by atoms with Crippen LogP contribution < -0.4 is 4.74 Å². The molecule has 0 spiro atoms. The Labute approximate surface area is 227 Å². The summed E-state index contributed by atoms with van der Waals surface area (Å²) in [5.74, 6) is -0.742. The Morgan fingerprint density at radius 1 is 0.641 bits per heavy atom. The molecule has 2 heterocycles. The van der Waals surface area contributed by atoms with E-state index in [1.54, 1.807) is 30.3 Å². The molecule has 39 heavy (non-hydrogen) atoms. The van der Waals surface area contributed by atoms with Crippen LogP contribution in [0.4, 0.5) is 0 Å². The molecule has 0 bridgehead atoms. The molecule has 5 nitrogen and oxygen atoms in total. The molecule has 1 atom stereocenters. The predicted molar refractivity (Wildman–Crippen MR) is 151 cm³/mol. The zero-order valence-electron chi connectivity index (χ0n) is 20.3. The fourth-order valence-electron chi connectivity index (χ4n) is 5.90. The van der Waals surface area contributed by atoms with Gasteiger partial charge < -0.3 is 4.74 Å². The molecule has 1 aliphatic carbocycles. The van der Waals surface area contributed by atoms with E-state index in [4.69, 9.17) is 26.3 Å². The molecule has 8 rings (SSSR count). The molecule has 0 saturated heterocycles. The van der Waals surface area contributed by atoms with Gasteiger partial charge in [-0.1, -0.05) is 90.5 Å². The largest absolute Gasteiger partial charge is 0.452 e. The first kappa shape index (κ1) is 22.1. The van der Waals surface area contributed by atoms with E-state index in [9.17, 15) is 9.59 Å². The van der Waals surface area contributed by atoms with Crippen molar-refractivity contribution in [3.8, 4) is 5.75 Å². The standard InChI is InChI=1S/C33H17ClN2O3/c34-22-14-6-5-13-21(22)25-26-29-28(35-23-15-7-8-16-24(23)36-29)17-9-1-4-12-20(17)32(26)39-33-27(25)30(37)18-10-2-3-11-19(18)31(33)38/h1-16,25H. The van der Waals surface area contributed by atoms with Crippen molar-refractivity contribution in [1.82, 2.24) is 9.97 Å². The smallest absolute Gasteiger partial charge is 0.229 e. The fourth-order valence-corrected chi connectivity index (χ4v) is 6.14. The second-order valence-electron chi connectivity index (χ2n) is 9.70. The molecule has 5 aromatic carbocycles. The van der Waals surface area contributed by atoms with E-state index in [1.165, 1.54) is 0 Å². The number of allylic oxidation sites excluding steroid dienone is 2. The van der Waals surface area contributed by atoms with Crippen LogP contribution >= 0.6 is 11.6 Å². The van der Waals surface area contributed by atoms with E-state index in [0.717, 1.165) is 21.8 Å². The molecular formula is C33H17ClN2O3. The third-order valence-electron chi connectivity index (χ3n) is 7.61. The number of para-hydroxylation sites is 2. The number of rotatable bonds is 1. The number of carbonyl (C=O) groups excluding carboxylic acids is 2. The number of Topliss-reactive ketones (excluding diaryl/α,β-unsaturated/α-hetero) is 2. The Hall–Kier alpha value is -4.87. The summed E-state index contributed by atoms with van der Waals surface area (Å²) in [7, 11) is 0. The van der Waals surface area contributed by atoms with Crippen molar-refractivity contribution in [2.24, 2.45) is 0 Å². The summed E-state index contributed by atoms with van der Waals surface area (Å²) < 4.78 is 6.50. The number of ether oxygens (including phenoxy) is 1. The second kappa shape index (κ2) is 8.06. The van der Waals surface area contributed by atoms with Gasteiger partial charge in [0.25, 0.3) is 0 Å². The van der Waals surface area contributed by atoms with Gasteiger partial charge in [-0.05, 0) is 23.8 Å². The molecule has 1 unspecified atom stereocenters. The van der Waals surface area contributed by atoms with Crippen molar-refractivity contribution in [3.63, 3.8) is 0 Å².